The van der Waals surface area contributed by atoms with Crippen molar-refractivity contribution in [2.75, 3.05) is 0 Å². The van der Waals surface area contributed by atoms with Gasteiger partial charge in [-0.1, -0.05) is 24.3 Å². The first kappa shape index (κ1) is 13.9. The molecule has 0 aliphatic rings. The van der Waals surface area contributed by atoms with Crippen LogP contribution in [0.1, 0.15) is 23.0 Å². The van der Waals surface area contributed by atoms with E-state index in [1.807, 2.05) is 48.5 Å². The third-order valence-corrected chi connectivity index (χ3v) is 3.24. The number of para-hydroxylation sites is 1. The van der Waals surface area contributed by atoms with E-state index in [0.29, 0.717) is 5.56 Å². The molecule has 22 heavy (non-hydrogen) atoms. The Morgan fingerprint density at radius 3 is 1.95 bits per heavy atom. The molecule has 3 rings (SSSR count). The van der Waals surface area contributed by atoms with Gasteiger partial charge in [0.2, 0.25) is 0 Å². The third-order valence-electron chi connectivity index (χ3n) is 3.24. The van der Waals surface area contributed by atoms with Crippen molar-refractivity contribution in [3.63, 3.8) is 0 Å². The SMILES string of the molecule is Oc1ccccc1C=NC(c1ccccn1)c1ccccn1. The number of phenols is 1. The number of phenolic OH excluding ortho intramolecular Hbond substituents is 1. The van der Waals surface area contributed by atoms with Gasteiger partial charge in [0.15, 0.2) is 0 Å². The zero-order valence-corrected chi connectivity index (χ0v) is 11.9. The molecule has 1 N–H and O–H groups in total. The van der Waals surface area contributed by atoms with Crippen molar-refractivity contribution < 1.29 is 5.11 Å². The summed E-state index contributed by atoms with van der Waals surface area (Å²) in [6, 6.07) is 18.2. The molecule has 0 bridgehead atoms. The van der Waals surface area contributed by atoms with Crippen LogP contribution in [0.4, 0.5) is 0 Å². The second-order valence-corrected chi connectivity index (χ2v) is 4.75. The van der Waals surface area contributed by atoms with Gasteiger partial charge >= 0.3 is 0 Å². The number of hydrogen-bond donors (Lipinski definition) is 1. The first-order chi connectivity index (χ1) is 10.8. The lowest BCUT2D eigenvalue weighted by atomic mass is 10.1. The highest BCUT2D eigenvalue weighted by atomic mass is 16.3. The van der Waals surface area contributed by atoms with Crippen LogP contribution in [-0.4, -0.2) is 21.3 Å². The molecule has 0 fully saturated rings. The van der Waals surface area contributed by atoms with Crippen molar-refractivity contribution in [2.24, 2.45) is 4.99 Å². The smallest absolute Gasteiger partial charge is 0.134 e. The summed E-state index contributed by atoms with van der Waals surface area (Å²) < 4.78 is 0. The number of hydrogen-bond acceptors (Lipinski definition) is 4. The lowest BCUT2D eigenvalue weighted by Gasteiger charge is -2.11. The second kappa shape index (κ2) is 6.63. The maximum Gasteiger partial charge on any atom is 0.134 e. The summed E-state index contributed by atoms with van der Waals surface area (Å²) >= 11 is 0. The molecular formula is C18H15N3O. The topological polar surface area (TPSA) is 58.4 Å². The van der Waals surface area contributed by atoms with E-state index in [0.717, 1.165) is 11.4 Å². The van der Waals surface area contributed by atoms with Crippen LogP contribution >= 0.6 is 0 Å². The average molecular weight is 289 g/mol. The van der Waals surface area contributed by atoms with Crippen molar-refractivity contribution in [3.8, 4) is 5.75 Å². The number of benzene rings is 1. The maximum atomic E-state index is 9.84. The molecule has 4 nitrogen and oxygen atoms in total. The summed E-state index contributed by atoms with van der Waals surface area (Å²) in [4.78, 5) is 13.3. The molecule has 2 aromatic heterocycles. The Labute approximate surface area is 128 Å². The Morgan fingerprint density at radius 1 is 0.818 bits per heavy atom. The fourth-order valence-corrected chi connectivity index (χ4v) is 2.13. The molecule has 0 spiro atoms. The zero-order valence-electron chi connectivity index (χ0n) is 11.9. The molecule has 0 aliphatic carbocycles. The van der Waals surface area contributed by atoms with Crippen LogP contribution in [-0.2, 0) is 0 Å². The van der Waals surface area contributed by atoms with Crippen LogP contribution in [0.2, 0.25) is 0 Å². The highest BCUT2D eigenvalue weighted by Gasteiger charge is 2.14. The van der Waals surface area contributed by atoms with E-state index >= 15 is 0 Å². The summed E-state index contributed by atoms with van der Waals surface area (Å²) in [6.07, 6.45) is 5.13. The molecule has 0 unspecified atom stereocenters. The van der Waals surface area contributed by atoms with E-state index < -0.39 is 0 Å². The predicted octanol–water partition coefficient (Wildman–Crippen LogP) is 3.39. The molecule has 3 aromatic rings. The van der Waals surface area contributed by atoms with Crippen molar-refractivity contribution in [2.45, 2.75) is 6.04 Å². The van der Waals surface area contributed by atoms with Gasteiger partial charge in [-0.15, -0.1) is 0 Å². The van der Waals surface area contributed by atoms with Gasteiger partial charge in [0.05, 0.1) is 11.4 Å². The zero-order chi connectivity index (χ0) is 15.2. The standard InChI is InChI=1S/C18H15N3O/c22-17-10-2-1-7-14(17)13-21-18(15-8-3-5-11-19-15)16-9-4-6-12-20-16/h1-13,18,22H. The average Bonchev–Trinajstić information content (AvgIpc) is 2.59. The van der Waals surface area contributed by atoms with Crippen LogP contribution in [0, 0.1) is 0 Å². The Morgan fingerprint density at radius 2 is 1.41 bits per heavy atom. The van der Waals surface area contributed by atoms with E-state index in [9.17, 15) is 5.11 Å². The fourth-order valence-electron chi connectivity index (χ4n) is 2.13. The molecule has 0 saturated carbocycles. The summed E-state index contributed by atoms with van der Waals surface area (Å²) in [7, 11) is 0. The Balaban J connectivity index is 1.98. The Hall–Kier alpha value is -3.01. The van der Waals surface area contributed by atoms with E-state index in [1.54, 1.807) is 30.7 Å². The normalized spacial score (nSPS) is 11.1. The molecule has 0 radical (unpaired) electrons. The highest BCUT2D eigenvalue weighted by molar-refractivity contribution is 5.83. The van der Waals surface area contributed by atoms with Gasteiger partial charge in [-0.3, -0.25) is 15.0 Å². The van der Waals surface area contributed by atoms with Crippen LogP contribution in [0.3, 0.4) is 0 Å². The maximum absolute atomic E-state index is 9.84. The second-order valence-electron chi connectivity index (χ2n) is 4.75. The van der Waals surface area contributed by atoms with E-state index in [4.69, 9.17) is 0 Å². The molecule has 0 atom stereocenters. The third kappa shape index (κ3) is 3.17. The van der Waals surface area contributed by atoms with Crippen LogP contribution in [0.25, 0.3) is 0 Å². The largest absolute Gasteiger partial charge is 0.507 e. The summed E-state index contributed by atoms with van der Waals surface area (Å²) in [5.74, 6) is 0.201. The lowest BCUT2D eigenvalue weighted by molar-refractivity contribution is 0.474. The molecule has 0 saturated heterocycles. The molecule has 4 heteroatoms. The molecule has 2 heterocycles. The van der Waals surface area contributed by atoms with Crippen LogP contribution < -0.4 is 0 Å². The molecular weight excluding hydrogens is 274 g/mol. The predicted molar refractivity (Wildman–Crippen MR) is 86.0 cm³/mol. The van der Waals surface area contributed by atoms with Crippen molar-refractivity contribution in [1.29, 1.82) is 0 Å². The van der Waals surface area contributed by atoms with Gasteiger partial charge in [0, 0.05) is 24.2 Å². The number of aliphatic imine (C=N–C) groups is 1. The monoisotopic (exact) mass is 289 g/mol. The van der Waals surface area contributed by atoms with Crippen LogP contribution in [0.5, 0.6) is 5.75 Å². The quantitative estimate of drug-likeness (QED) is 0.749. The van der Waals surface area contributed by atoms with Gasteiger partial charge in [-0.2, -0.15) is 0 Å². The van der Waals surface area contributed by atoms with E-state index in [1.165, 1.54) is 0 Å². The minimum Gasteiger partial charge on any atom is -0.507 e. The fraction of sp³-hybridized carbons (Fsp3) is 0.0556. The molecule has 0 aliphatic heterocycles. The first-order valence-electron chi connectivity index (χ1n) is 6.97. The van der Waals surface area contributed by atoms with Gasteiger partial charge in [-0.05, 0) is 36.4 Å². The molecule has 0 amide bonds. The summed E-state index contributed by atoms with van der Waals surface area (Å²) in [6.45, 7) is 0. The van der Waals surface area contributed by atoms with E-state index in [-0.39, 0.29) is 11.8 Å². The van der Waals surface area contributed by atoms with Gasteiger partial charge in [0.1, 0.15) is 11.8 Å². The summed E-state index contributed by atoms with van der Waals surface area (Å²) in [5, 5.41) is 9.84. The lowest BCUT2D eigenvalue weighted by Crippen LogP contribution is -2.03. The van der Waals surface area contributed by atoms with Crippen LogP contribution in [0.15, 0.2) is 78.0 Å². The van der Waals surface area contributed by atoms with Gasteiger partial charge in [-0.25, -0.2) is 0 Å². The Bertz CT molecular complexity index is 718. The number of aromatic hydroxyl groups is 1. The molecule has 108 valence electrons. The highest BCUT2D eigenvalue weighted by Crippen LogP contribution is 2.23. The number of nitrogens with zero attached hydrogens (tertiary/aromatic N) is 3. The number of pyridine rings is 2. The number of aromatic nitrogens is 2. The van der Waals surface area contributed by atoms with Gasteiger partial charge < -0.3 is 5.11 Å². The minimum atomic E-state index is -0.304. The van der Waals surface area contributed by atoms with Crippen molar-refractivity contribution in [3.05, 3.63) is 90.0 Å². The van der Waals surface area contributed by atoms with Crippen molar-refractivity contribution >= 4 is 6.21 Å². The summed E-state index contributed by atoms with van der Waals surface area (Å²) in [5.41, 5.74) is 2.29. The van der Waals surface area contributed by atoms with Crippen molar-refractivity contribution in [1.82, 2.24) is 9.97 Å². The van der Waals surface area contributed by atoms with Gasteiger partial charge in [0.25, 0.3) is 0 Å². The Kier molecular flexibility index (Phi) is 4.20. The first-order valence-corrected chi connectivity index (χ1v) is 6.97. The molecule has 1 aromatic carbocycles. The van der Waals surface area contributed by atoms with E-state index in [2.05, 4.69) is 15.0 Å². The minimum absolute atomic E-state index is 0.201. The number of rotatable bonds is 4.